The van der Waals surface area contributed by atoms with Gasteiger partial charge in [0, 0.05) is 42.2 Å². The van der Waals surface area contributed by atoms with Crippen LogP contribution >= 0.6 is 0 Å². The normalized spacial score (nSPS) is 15.6. The number of hydrogen-bond acceptors (Lipinski definition) is 7. The van der Waals surface area contributed by atoms with Gasteiger partial charge in [0.15, 0.2) is 18.1 Å². The van der Waals surface area contributed by atoms with Crippen LogP contribution in [0.4, 0.5) is 0 Å². The number of aromatic nitrogens is 1. The van der Waals surface area contributed by atoms with Gasteiger partial charge in [-0.2, -0.15) is 0 Å². The predicted octanol–water partition coefficient (Wildman–Crippen LogP) is 3.35. The van der Waals surface area contributed by atoms with E-state index in [2.05, 4.69) is 4.57 Å². The molecule has 0 saturated carbocycles. The quantitative estimate of drug-likeness (QED) is 0.445. The average molecular weight is 431 g/mol. The molecule has 1 saturated heterocycles. The maximum Gasteiger partial charge on any atom is 0.342 e. The number of ketones is 1. The van der Waals surface area contributed by atoms with E-state index in [9.17, 15) is 9.59 Å². The summed E-state index contributed by atoms with van der Waals surface area (Å²) in [4.78, 5) is 25.4. The number of hydrogen-bond donors (Lipinski definition) is 0. The van der Waals surface area contributed by atoms with Crippen LogP contribution in [-0.2, 0) is 16.0 Å². The van der Waals surface area contributed by atoms with Gasteiger partial charge >= 0.3 is 5.97 Å². The van der Waals surface area contributed by atoms with Crippen LogP contribution in [0.15, 0.2) is 18.2 Å². The summed E-state index contributed by atoms with van der Waals surface area (Å²) in [5.74, 6) is 0.105. The van der Waals surface area contributed by atoms with Crippen molar-refractivity contribution in [2.45, 2.75) is 39.3 Å². The van der Waals surface area contributed by atoms with E-state index in [4.69, 9.17) is 23.7 Å². The molecule has 1 aromatic carbocycles. The van der Waals surface area contributed by atoms with E-state index in [1.807, 2.05) is 19.9 Å². The predicted molar refractivity (Wildman–Crippen MR) is 114 cm³/mol. The second kappa shape index (κ2) is 9.87. The van der Waals surface area contributed by atoms with Crippen LogP contribution in [0.3, 0.4) is 0 Å². The summed E-state index contributed by atoms with van der Waals surface area (Å²) in [5.41, 5.74) is 2.52. The third kappa shape index (κ3) is 4.85. The van der Waals surface area contributed by atoms with Crippen LogP contribution in [0.5, 0.6) is 17.2 Å². The van der Waals surface area contributed by atoms with Crippen LogP contribution in [0, 0.1) is 13.8 Å². The lowest BCUT2D eigenvalue weighted by atomic mass is 10.1. The molecule has 0 bridgehead atoms. The number of esters is 1. The van der Waals surface area contributed by atoms with Crippen molar-refractivity contribution >= 4 is 11.8 Å². The molecule has 1 fully saturated rings. The Morgan fingerprint density at radius 3 is 2.29 bits per heavy atom. The third-order valence-electron chi connectivity index (χ3n) is 5.54. The molecule has 0 aliphatic carbocycles. The molecule has 8 heteroatoms. The molecule has 1 aliphatic rings. The van der Waals surface area contributed by atoms with Crippen LogP contribution in [0.2, 0.25) is 0 Å². The van der Waals surface area contributed by atoms with E-state index in [0.29, 0.717) is 23.6 Å². The number of aryl methyl sites for hydroxylation is 1. The standard InChI is InChI=1S/C23H29NO7/c1-14-9-17(15(2)24(14)12-16-7-6-8-30-16)19(25)13-31-23(26)18-10-21(28-4)22(29-5)11-20(18)27-3/h9-11,16H,6-8,12-13H2,1-5H3/t16-/m0/s1. The first-order valence-corrected chi connectivity index (χ1v) is 10.2. The maximum absolute atomic E-state index is 12.8. The maximum atomic E-state index is 12.8. The minimum atomic E-state index is -0.681. The summed E-state index contributed by atoms with van der Waals surface area (Å²) in [6.45, 7) is 4.98. The lowest BCUT2D eigenvalue weighted by Crippen LogP contribution is -2.18. The smallest absolute Gasteiger partial charge is 0.342 e. The number of carbonyl (C=O) groups excluding carboxylic acids is 2. The van der Waals surface area contributed by atoms with Crippen molar-refractivity contribution in [3.8, 4) is 17.2 Å². The second-order valence-electron chi connectivity index (χ2n) is 7.44. The summed E-state index contributed by atoms with van der Waals surface area (Å²) >= 11 is 0. The number of methoxy groups -OCH3 is 3. The highest BCUT2D eigenvalue weighted by atomic mass is 16.5. The molecule has 1 aromatic heterocycles. The largest absolute Gasteiger partial charge is 0.496 e. The zero-order chi connectivity index (χ0) is 22.5. The Labute approximate surface area is 182 Å². The van der Waals surface area contributed by atoms with Crippen LogP contribution in [-0.4, -0.2) is 57.0 Å². The van der Waals surface area contributed by atoms with Crippen LogP contribution in [0.25, 0.3) is 0 Å². The molecule has 1 atom stereocenters. The highest BCUT2D eigenvalue weighted by Gasteiger charge is 2.23. The number of carbonyl (C=O) groups is 2. The van der Waals surface area contributed by atoms with Gasteiger partial charge in [-0.3, -0.25) is 4.79 Å². The summed E-state index contributed by atoms with van der Waals surface area (Å²) < 4.78 is 28.8. The Bertz CT molecular complexity index is 957. The van der Waals surface area contributed by atoms with Crippen molar-refractivity contribution in [2.75, 3.05) is 34.5 Å². The van der Waals surface area contributed by atoms with Crippen molar-refractivity contribution in [3.05, 3.63) is 40.7 Å². The summed E-state index contributed by atoms with van der Waals surface area (Å²) in [6.07, 6.45) is 2.25. The van der Waals surface area contributed by atoms with Gasteiger partial charge in [-0.1, -0.05) is 0 Å². The lowest BCUT2D eigenvalue weighted by molar-refractivity contribution is 0.0471. The average Bonchev–Trinajstić information content (AvgIpc) is 3.39. The van der Waals surface area contributed by atoms with Gasteiger partial charge < -0.3 is 28.3 Å². The molecular weight excluding hydrogens is 402 g/mol. The molecule has 0 amide bonds. The van der Waals surface area contributed by atoms with Crippen molar-refractivity contribution in [2.24, 2.45) is 0 Å². The molecule has 3 rings (SSSR count). The van der Waals surface area contributed by atoms with Gasteiger partial charge in [0.25, 0.3) is 0 Å². The Morgan fingerprint density at radius 2 is 1.68 bits per heavy atom. The number of nitrogens with zero attached hydrogens (tertiary/aromatic N) is 1. The van der Waals surface area contributed by atoms with Crippen molar-refractivity contribution in [1.82, 2.24) is 4.57 Å². The first-order valence-electron chi connectivity index (χ1n) is 10.2. The molecule has 0 N–H and O–H groups in total. The van der Waals surface area contributed by atoms with E-state index < -0.39 is 5.97 Å². The zero-order valence-corrected chi connectivity index (χ0v) is 18.6. The molecule has 31 heavy (non-hydrogen) atoms. The Kier molecular flexibility index (Phi) is 7.22. The number of rotatable bonds is 9. The summed E-state index contributed by atoms with van der Waals surface area (Å²) in [5, 5.41) is 0. The van der Waals surface area contributed by atoms with E-state index in [0.717, 1.165) is 30.8 Å². The minimum absolute atomic E-state index is 0.150. The van der Waals surface area contributed by atoms with Gasteiger partial charge in [0.2, 0.25) is 5.78 Å². The van der Waals surface area contributed by atoms with Crippen LogP contribution in [0.1, 0.15) is 44.9 Å². The van der Waals surface area contributed by atoms with Gasteiger partial charge in [0.1, 0.15) is 11.3 Å². The number of benzene rings is 1. The van der Waals surface area contributed by atoms with Gasteiger partial charge in [-0.25, -0.2) is 4.79 Å². The van der Waals surface area contributed by atoms with E-state index in [1.165, 1.54) is 33.5 Å². The fourth-order valence-corrected chi connectivity index (χ4v) is 3.83. The second-order valence-corrected chi connectivity index (χ2v) is 7.44. The molecule has 0 spiro atoms. The third-order valence-corrected chi connectivity index (χ3v) is 5.54. The zero-order valence-electron chi connectivity index (χ0n) is 18.6. The number of Topliss-reactive ketones (excluding diaryl/α,β-unsaturated/α-hetero) is 1. The molecule has 0 unspecified atom stereocenters. The Hall–Kier alpha value is -3.00. The van der Waals surface area contributed by atoms with Crippen molar-refractivity contribution in [1.29, 1.82) is 0 Å². The monoisotopic (exact) mass is 431 g/mol. The number of ether oxygens (including phenoxy) is 5. The topological polar surface area (TPSA) is 85.2 Å². The molecule has 2 aromatic rings. The van der Waals surface area contributed by atoms with Crippen LogP contribution < -0.4 is 14.2 Å². The van der Waals surface area contributed by atoms with E-state index >= 15 is 0 Å². The van der Waals surface area contributed by atoms with Crippen molar-refractivity contribution in [3.63, 3.8) is 0 Å². The van der Waals surface area contributed by atoms with Gasteiger partial charge in [-0.05, 0) is 32.8 Å². The highest BCUT2D eigenvalue weighted by molar-refractivity contribution is 6.01. The van der Waals surface area contributed by atoms with Crippen molar-refractivity contribution < 1.29 is 33.3 Å². The molecule has 2 heterocycles. The Morgan fingerprint density at radius 1 is 1.00 bits per heavy atom. The molecule has 168 valence electrons. The molecule has 0 radical (unpaired) electrons. The van der Waals surface area contributed by atoms with Gasteiger partial charge in [0.05, 0.1) is 27.4 Å². The van der Waals surface area contributed by atoms with Gasteiger partial charge in [-0.15, -0.1) is 0 Å². The lowest BCUT2D eigenvalue weighted by Gasteiger charge is -2.15. The summed E-state index contributed by atoms with van der Waals surface area (Å²) in [6, 6.07) is 4.84. The minimum Gasteiger partial charge on any atom is -0.496 e. The SMILES string of the molecule is COc1cc(OC)c(C(=O)OCC(=O)c2cc(C)n(C[C@@H]3CCCO3)c2C)cc1OC. The molecule has 1 aliphatic heterocycles. The fourth-order valence-electron chi connectivity index (χ4n) is 3.83. The first kappa shape index (κ1) is 22.7. The molecule has 8 nitrogen and oxygen atoms in total. The summed E-state index contributed by atoms with van der Waals surface area (Å²) in [7, 11) is 4.39. The Balaban J connectivity index is 1.71. The van der Waals surface area contributed by atoms with E-state index in [-0.39, 0.29) is 29.8 Å². The highest BCUT2D eigenvalue weighted by Crippen LogP contribution is 2.35. The van der Waals surface area contributed by atoms with E-state index in [1.54, 1.807) is 0 Å². The first-order chi connectivity index (χ1) is 14.9. The molecular formula is C23H29NO7. The fraction of sp³-hybridized carbons (Fsp3) is 0.478.